The van der Waals surface area contributed by atoms with Crippen LogP contribution in [-0.2, 0) is 11.2 Å². The highest BCUT2D eigenvalue weighted by Gasteiger charge is 2.34. The molecule has 1 aliphatic heterocycles. The summed E-state index contributed by atoms with van der Waals surface area (Å²) in [5.74, 6) is 0.0596. The van der Waals surface area contributed by atoms with E-state index >= 15 is 0 Å². The maximum Gasteiger partial charge on any atom is 0.305 e. The third-order valence-electron chi connectivity index (χ3n) is 4.72. The molecule has 0 spiro atoms. The van der Waals surface area contributed by atoms with Gasteiger partial charge in [-0.3, -0.25) is 9.59 Å². The van der Waals surface area contributed by atoms with Gasteiger partial charge in [-0.15, -0.1) is 0 Å². The highest BCUT2D eigenvalue weighted by Crippen LogP contribution is 2.40. The summed E-state index contributed by atoms with van der Waals surface area (Å²) in [6.07, 6.45) is 0.484. The Morgan fingerprint density at radius 2 is 1.92 bits per heavy atom. The van der Waals surface area contributed by atoms with Gasteiger partial charge in [0.25, 0.3) is 5.91 Å². The average Bonchev–Trinajstić information content (AvgIpc) is 3.05. The summed E-state index contributed by atoms with van der Waals surface area (Å²) in [6, 6.07) is 3.13. The van der Waals surface area contributed by atoms with E-state index in [0.717, 1.165) is 16.7 Å². The van der Waals surface area contributed by atoms with E-state index in [4.69, 9.17) is 9.47 Å². The van der Waals surface area contributed by atoms with Crippen molar-refractivity contribution in [3.8, 4) is 11.5 Å². The molecule has 138 valence electrons. The molecule has 0 saturated carbocycles. The van der Waals surface area contributed by atoms with E-state index < -0.39 is 12.0 Å². The molecule has 1 amide bonds. The molecular formula is C19H21NO5S. The second-order valence-corrected chi connectivity index (χ2v) is 6.98. The molecule has 2 heterocycles. The Kier molecular flexibility index (Phi) is 5.18. The SMILES string of the molecule is COc1cc2c(cc1OC)C(CC(=O)O)N(C(=O)c1cscc1C)CC2. The standard InChI is InChI=1S/C19H21NO5S/c1-11-9-26-10-14(11)19(23)20-5-4-12-6-16(24-2)17(25-3)7-13(12)15(20)8-18(21)22/h6-7,9-10,15H,4-5,8H2,1-3H3,(H,21,22). The summed E-state index contributed by atoms with van der Waals surface area (Å²) in [6.45, 7) is 2.36. The van der Waals surface area contributed by atoms with E-state index in [-0.39, 0.29) is 12.3 Å². The lowest BCUT2D eigenvalue weighted by atomic mass is 9.89. The van der Waals surface area contributed by atoms with Crippen LogP contribution >= 0.6 is 11.3 Å². The molecule has 26 heavy (non-hydrogen) atoms. The number of rotatable bonds is 5. The number of ether oxygens (including phenoxy) is 2. The topological polar surface area (TPSA) is 76.1 Å². The monoisotopic (exact) mass is 375 g/mol. The molecule has 0 bridgehead atoms. The molecule has 1 atom stereocenters. The van der Waals surface area contributed by atoms with Crippen LogP contribution in [0.5, 0.6) is 11.5 Å². The summed E-state index contributed by atoms with van der Waals surface area (Å²) >= 11 is 1.47. The fraction of sp³-hybridized carbons (Fsp3) is 0.368. The largest absolute Gasteiger partial charge is 0.493 e. The van der Waals surface area contributed by atoms with Gasteiger partial charge in [0.05, 0.1) is 32.2 Å². The first-order valence-electron chi connectivity index (χ1n) is 8.26. The third kappa shape index (κ3) is 3.26. The van der Waals surface area contributed by atoms with Crippen LogP contribution in [0, 0.1) is 6.92 Å². The number of methoxy groups -OCH3 is 2. The molecule has 3 rings (SSSR count). The number of aryl methyl sites for hydroxylation is 1. The fourth-order valence-corrected chi connectivity index (χ4v) is 4.21. The van der Waals surface area contributed by atoms with Gasteiger partial charge in [0.15, 0.2) is 11.5 Å². The van der Waals surface area contributed by atoms with Crippen LogP contribution < -0.4 is 9.47 Å². The zero-order valence-corrected chi connectivity index (χ0v) is 15.8. The predicted octanol–water partition coefficient (Wildman–Crippen LogP) is 3.29. The van der Waals surface area contributed by atoms with Crippen LogP contribution in [0.15, 0.2) is 22.9 Å². The van der Waals surface area contributed by atoms with Gasteiger partial charge in [-0.25, -0.2) is 0 Å². The van der Waals surface area contributed by atoms with Gasteiger partial charge < -0.3 is 19.5 Å². The minimum atomic E-state index is -0.947. The lowest BCUT2D eigenvalue weighted by molar-refractivity contribution is -0.138. The molecule has 1 N–H and O–H groups in total. The lowest BCUT2D eigenvalue weighted by Crippen LogP contribution is -2.41. The summed E-state index contributed by atoms with van der Waals surface area (Å²) in [7, 11) is 3.11. The van der Waals surface area contributed by atoms with Crippen LogP contribution in [0.4, 0.5) is 0 Å². The number of fused-ring (bicyclic) bond motifs is 1. The van der Waals surface area contributed by atoms with Crippen molar-refractivity contribution in [2.75, 3.05) is 20.8 Å². The first kappa shape index (κ1) is 18.3. The number of hydrogen-bond acceptors (Lipinski definition) is 5. The molecule has 0 aliphatic carbocycles. The number of carboxylic acid groups (broad SMARTS) is 1. The van der Waals surface area contributed by atoms with Gasteiger partial charge in [-0.2, -0.15) is 11.3 Å². The average molecular weight is 375 g/mol. The number of nitrogens with zero attached hydrogens (tertiary/aromatic N) is 1. The molecule has 2 aromatic rings. The number of carbonyl (C=O) groups excluding carboxylic acids is 1. The summed E-state index contributed by atoms with van der Waals surface area (Å²) in [5, 5.41) is 13.2. The van der Waals surface area contributed by atoms with E-state index in [9.17, 15) is 14.7 Å². The maximum atomic E-state index is 13.0. The Morgan fingerprint density at radius 1 is 1.23 bits per heavy atom. The van der Waals surface area contributed by atoms with Gasteiger partial charge in [-0.1, -0.05) is 0 Å². The second kappa shape index (κ2) is 7.37. The molecule has 7 heteroatoms. The van der Waals surface area contributed by atoms with Crippen LogP contribution in [0.2, 0.25) is 0 Å². The molecular weight excluding hydrogens is 354 g/mol. The fourth-order valence-electron chi connectivity index (χ4n) is 3.39. The third-order valence-corrected chi connectivity index (χ3v) is 5.58. The second-order valence-electron chi connectivity index (χ2n) is 6.24. The Bertz CT molecular complexity index is 844. The predicted molar refractivity (Wildman–Crippen MR) is 98.3 cm³/mol. The van der Waals surface area contributed by atoms with E-state index in [1.165, 1.54) is 18.4 Å². The number of carbonyl (C=O) groups is 2. The highest BCUT2D eigenvalue weighted by molar-refractivity contribution is 7.08. The Hall–Kier alpha value is -2.54. The smallest absolute Gasteiger partial charge is 0.305 e. The normalized spacial score (nSPS) is 16.1. The number of aliphatic carboxylic acids is 1. The van der Waals surface area contributed by atoms with Crippen molar-refractivity contribution in [3.05, 3.63) is 45.1 Å². The maximum absolute atomic E-state index is 13.0. The van der Waals surface area contributed by atoms with E-state index in [0.29, 0.717) is 30.0 Å². The summed E-state index contributed by atoms with van der Waals surface area (Å²) in [5.41, 5.74) is 3.33. The number of thiophene rings is 1. The summed E-state index contributed by atoms with van der Waals surface area (Å²) < 4.78 is 10.7. The number of hydrogen-bond donors (Lipinski definition) is 1. The van der Waals surface area contributed by atoms with Crippen molar-refractivity contribution >= 4 is 23.2 Å². The van der Waals surface area contributed by atoms with E-state index in [1.807, 2.05) is 23.8 Å². The minimum Gasteiger partial charge on any atom is -0.493 e. The lowest BCUT2D eigenvalue weighted by Gasteiger charge is -2.37. The van der Waals surface area contributed by atoms with Gasteiger partial charge in [-0.05, 0) is 47.5 Å². The Morgan fingerprint density at radius 3 is 2.50 bits per heavy atom. The van der Waals surface area contributed by atoms with Gasteiger partial charge in [0.2, 0.25) is 0 Å². The first-order valence-corrected chi connectivity index (χ1v) is 9.20. The van der Waals surface area contributed by atoms with Crippen molar-refractivity contribution in [3.63, 3.8) is 0 Å². The van der Waals surface area contributed by atoms with Crippen molar-refractivity contribution in [1.29, 1.82) is 0 Å². The molecule has 0 radical (unpaired) electrons. The van der Waals surface area contributed by atoms with Gasteiger partial charge in [0.1, 0.15) is 0 Å². The number of benzene rings is 1. The number of amides is 1. The molecule has 1 aromatic carbocycles. The van der Waals surface area contributed by atoms with E-state index in [2.05, 4.69) is 0 Å². The molecule has 1 aliphatic rings. The molecule has 1 unspecified atom stereocenters. The Labute approximate surface area is 156 Å². The molecule has 0 fully saturated rings. The first-order chi connectivity index (χ1) is 12.5. The zero-order valence-electron chi connectivity index (χ0n) is 14.9. The minimum absolute atomic E-state index is 0.129. The zero-order chi connectivity index (χ0) is 18.8. The van der Waals surface area contributed by atoms with Crippen molar-refractivity contribution in [2.24, 2.45) is 0 Å². The summed E-state index contributed by atoms with van der Waals surface area (Å²) in [4.78, 5) is 26.2. The van der Waals surface area contributed by atoms with Crippen molar-refractivity contribution < 1.29 is 24.2 Å². The quantitative estimate of drug-likeness (QED) is 0.868. The van der Waals surface area contributed by atoms with Gasteiger partial charge >= 0.3 is 5.97 Å². The van der Waals surface area contributed by atoms with Crippen LogP contribution in [0.1, 0.15) is 39.5 Å². The molecule has 0 saturated heterocycles. The molecule has 1 aromatic heterocycles. The van der Waals surface area contributed by atoms with Crippen LogP contribution in [0.25, 0.3) is 0 Å². The number of carboxylic acids is 1. The Balaban J connectivity index is 2.05. The van der Waals surface area contributed by atoms with Crippen molar-refractivity contribution in [1.82, 2.24) is 4.90 Å². The van der Waals surface area contributed by atoms with Crippen LogP contribution in [-0.4, -0.2) is 42.6 Å². The van der Waals surface area contributed by atoms with Crippen LogP contribution in [0.3, 0.4) is 0 Å². The van der Waals surface area contributed by atoms with E-state index in [1.54, 1.807) is 18.1 Å². The molecule has 6 nitrogen and oxygen atoms in total. The van der Waals surface area contributed by atoms with Crippen molar-refractivity contribution in [2.45, 2.75) is 25.8 Å². The van der Waals surface area contributed by atoms with Gasteiger partial charge in [0, 0.05) is 11.9 Å². The highest BCUT2D eigenvalue weighted by atomic mass is 32.1.